The van der Waals surface area contributed by atoms with E-state index in [-0.39, 0.29) is 11.5 Å². The van der Waals surface area contributed by atoms with Crippen molar-refractivity contribution in [2.45, 2.75) is 13.3 Å². The van der Waals surface area contributed by atoms with Gasteiger partial charge in [-0.05, 0) is 24.6 Å². The zero-order valence-corrected chi connectivity index (χ0v) is 9.43. The molecule has 5 nitrogen and oxygen atoms in total. The zero-order chi connectivity index (χ0) is 12.0. The van der Waals surface area contributed by atoms with Gasteiger partial charge in [0.2, 0.25) is 6.54 Å². The van der Waals surface area contributed by atoms with E-state index in [0.29, 0.717) is 24.5 Å². The van der Waals surface area contributed by atoms with E-state index in [1.54, 1.807) is 19.2 Å². The summed E-state index contributed by atoms with van der Waals surface area (Å²) >= 11 is 0. The summed E-state index contributed by atoms with van der Waals surface area (Å²) in [4.78, 5) is 9.93. The Bertz CT molecular complexity index is 365. The van der Waals surface area contributed by atoms with E-state index >= 15 is 0 Å². The Balaban J connectivity index is 2.79. The molecular weight excluding hydrogens is 210 g/mol. The van der Waals surface area contributed by atoms with E-state index < -0.39 is 0 Å². The van der Waals surface area contributed by atoms with Gasteiger partial charge in [0.05, 0.1) is 13.7 Å². The molecule has 0 atom stereocenters. The van der Waals surface area contributed by atoms with Crippen LogP contribution >= 0.6 is 0 Å². The van der Waals surface area contributed by atoms with E-state index in [2.05, 4.69) is 0 Å². The Kier molecular flexibility index (Phi) is 4.57. The highest BCUT2D eigenvalue weighted by atomic mass is 16.6. The number of ether oxygens (including phenoxy) is 2. The van der Waals surface area contributed by atoms with Gasteiger partial charge in [0.15, 0.2) is 11.5 Å². The van der Waals surface area contributed by atoms with Crippen LogP contribution in [0.2, 0.25) is 0 Å². The van der Waals surface area contributed by atoms with E-state index in [0.717, 1.165) is 5.56 Å². The quantitative estimate of drug-likeness (QED) is 0.548. The van der Waals surface area contributed by atoms with Gasteiger partial charge in [-0.3, -0.25) is 10.1 Å². The fraction of sp³-hybridized carbons (Fsp3) is 0.455. The fourth-order valence-electron chi connectivity index (χ4n) is 1.37. The number of hydrogen-bond acceptors (Lipinski definition) is 4. The molecule has 0 aromatic heterocycles. The molecule has 0 saturated carbocycles. The highest BCUT2D eigenvalue weighted by molar-refractivity contribution is 5.43. The zero-order valence-electron chi connectivity index (χ0n) is 9.43. The molecule has 0 aliphatic heterocycles. The summed E-state index contributed by atoms with van der Waals surface area (Å²) < 4.78 is 10.5. The van der Waals surface area contributed by atoms with Gasteiger partial charge in [0, 0.05) is 11.3 Å². The topological polar surface area (TPSA) is 61.6 Å². The highest BCUT2D eigenvalue weighted by Gasteiger charge is 2.07. The van der Waals surface area contributed by atoms with Crippen molar-refractivity contribution in [2.75, 3.05) is 20.3 Å². The molecule has 88 valence electrons. The molecule has 0 N–H and O–H groups in total. The average molecular weight is 225 g/mol. The minimum absolute atomic E-state index is 0.0715. The molecule has 0 bridgehead atoms. The van der Waals surface area contributed by atoms with Gasteiger partial charge in [0.1, 0.15) is 0 Å². The average Bonchev–Trinajstić information content (AvgIpc) is 2.27. The summed E-state index contributed by atoms with van der Waals surface area (Å²) in [5, 5.41) is 10.3. The second-order valence-corrected chi connectivity index (χ2v) is 3.22. The molecule has 5 heteroatoms. The Morgan fingerprint density at radius 3 is 2.69 bits per heavy atom. The van der Waals surface area contributed by atoms with Crippen LogP contribution in [-0.2, 0) is 6.42 Å². The lowest BCUT2D eigenvalue weighted by atomic mass is 10.1. The summed E-state index contributed by atoms with van der Waals surface area (Å²) in [5.41, 5.74) is 0.876. The molecule has 0 unspecified atom stereocenters. The number of methoxy groups -OCH3 is 1. The predicted octanol–water partition coefficient (Wildman–Crippen LogP) is 1.91. The molecular formula is C11H15NO4. The molecule has 0 fully saturated rings. The molecule has 0 saturated heterocycles. The lowest BCUT2D eigenvalue weighted by Crippen LogP contribution is -2.04. The van der Waals surface area contributed by atoms with Crippen LogP contribution in [-0.4, -0.2) is 25.2 Å². The number of hydrogen-bond donors (Lipinski definition) is 0. The summed E-state index contributed by atoms with van der Waals surface area (Å²) in [5.74, 6) is 1.28. The second-order valence-electron chi connectivity index (χ2n) is 3.22. The first-order valence-corrected chi connectivity index (χ1v) is 5.09. The van der Waals surface area contributed by atoms with Crippen LogP contribution in [0.3, 0.4) is 0 Å². The normalized spacial score (nSPS) is 9.88. The van der Waals surface area contributed by atoms with Crippen LogP contribution in [0, 0.1) is 10.1 Å². The Labute approximate surface area is 94.1 Å². The molecule has 1 aromatic rings. The van der Waals surface area contributed by atoms with Crippen molar-refractivity contribution in [3.8, 4) is 11.5 Å². The lowest BCUT2D eigenvalue weighted by Gasteiger charge is -2.10. The molecule has 0 spiro atoms. The van der Waals surface area contributed by atoms with Gasteiger partial charge in [0.25, 0.3) is 0 Å². The van der Waals surface area contributed by atoms with E-state index in [1.807, 2.05) is 13.0 Å². The number of rotatable bonds is 6. The predicted molar refractivity (Wildman–Crippen MR) is 59.7 cm³/mol. The van der Waals surface area contributed by atoms with Crippen LogP contribution in [0.25, 0.3) is 0 Å². The van der Waals surface area contributed by atoms with Gasteiger partial charge in [-0.15, -0.1) is 0 Å². The van der Waals surface area contributed by atoms with Crippen molar-refractivity contribution in [3.05, 3.63) is 33.9 Å². The lowest BCUT2D eigenvalue weighted by molar-refractivity contribution is -0.479. The van der Waals surface area contributed by atoms with Gasteiger partial charge in [-0.1, -0.05) is 6.07 Å². The number of benzene rings is 1. The maximum absolute atomic E-state index is 10.3. The highest BCUT2D eigenvalue weighted by Crippen LogP contribution is 2.28. The van der Waals surface area contributed by atoms with Crippen LogP contribution in [0.4, 0.5) is 0 Å². The van der Waals surface area contributed by atoms with Crippen molar-refractivity contribution in [1.82, 2.24) is 0 Å². The van der Waals surface area contributed by atoms with Crippen molar-refractivity contribution in [3.63, 3.8) is 0 Å². The van der Waals surface area contributed by atoms with Crippen molar-refractivity contribution in [2.24, 2.45) is 0 Å². The summed E-state index contributed by atoms with van der Waals surface area (Å²) in [6.07, 6.45) is 0.400. The minimum Gasteiger partial charge on any atom is -0.493 e. The molecule has 1 rings (SSSR count). The van der Waals surface area contributed by atoms with Crippen molar-refractivity contribution >= 4 is 0 Å². The third kappa shape index (κ3) is 3.42. The third-order valence-corrected chi connectivity index (χ3v) is 2.11. The molecule has 0 heterocycles. The fourth-order valence-corrected chi connectivity index (χ4v) is 1.37. The monoisotopic (exact) mass is 225 g/mol. The summed E-state index contributed by atoms with van der Waals surface area (Å²) in [6.45, 7) is 2.34. The Morgan fingerprint density at radius 2 is 2.12 bits per heavy atom. The summed E-state index contributed by atoms with van der Waals surface area (Å²) in [6, 6.07) is 5.36. The Morgan fingerprint density at radius 1 is 1.38 bits per heavy atom. The third-order valence-electron chi connectivity index (χ3n) is 2.11. The van der Waals surface area contributed by atoms with E-state index in [4.69, 9.17) is 9.47 Å². The molecule has 0 amide bonds. The smallest absolute Gasteiger partial charge is 0.207 e. The van der Waals surface area contributed by atoms with Crippen molar-refractivity contribution < 1.29 is 14.4 Å². The molecule has 0 aliphatic rings. The first kappa shape index (κ1) is 12.3. The maximum Gasteiger partial charge on any atom is 0.207 e. The molecule has 1 aromatic carbocycles. The van der Waals surface area contributed by atoms with Gasteiger partial charge < -0.3 is 9.47 Å². The molecule has 0 radical (unpaired) electrons. The molecule has 16 heavy (non-hydrogen) atoms. The maximum atomic E-state index is 10.3. The minimum atomic E-state index is -0.329. The van der Waals surface area contributed by atoms with Crippen LogP contribution < -0.4 is 9.47 Å². The summed E-state index contributed by atoms with van der Waals surface area (Å²) in [7, 11) is 1.56. The van der Waals surface area contributed by atoms with Crippen molar-refractivity contribution in [1.29, 1.82) is 0 Å². The van der Waals surface area contributed by atoms with Crippen LogP contribution in [0.5, 0.6) is 11.5 Å². The first-order valence-electron chi connectivity index (χ1n) is 5.09. The number of nitrogens with zero attached hydrogens (tertiary/aromatic N) is 1. The van der Waals surface area contributed by atoms with Gasteiger partial charge >= 0.3 is 0 Å². The van der Waals surface area contributed by atoms with Gasteiger partial charge in [-0.25, -0.2) is 0 Å². The van der Waals surface area contributed by atoms with Crippen LogP contribution in [0.15, 0.2) is 18.2 Å². The standard InChI is InChI=1S/C11H15NO4/c1-3-16-11-8-9(6-7-12(13)14)4-5-10(11)15-2/h4-5,8H,3,6-7H2,1-2H3. The van der Waals surface area contributed by atoms with Gasteiger partial charge in [-0.2, -0.15) is 0 Å². The van der Waals surface area contributed by atoms with E-state index in [9.17, 15) is 10.1 Å². The second kappa shape index (κ2) is 5.95. The SMILES string of the molecule is CCOc1cc(CC[N+](=O)[O-])ccc1OC. The van der Waals surface area contributed by atoms with E-state index in [1.165, 1.54) is 0 Å². The molecule has 0 aliphatic carbocycles. The largest absolute Gasteiger partial charge is 0.493 e. The number of nitro groups is 1. The first-order chi connectivity index (χ1) is 7.67. The van der Waals surface area contributed by atoms with Crippen LogP contribution in [0.1, 0.15) is 12.5 Å². The Hall–Kier alpha value is -1.78.